The Labute approximate surface area is 133 Å². The zero-order valence-corrected chi connectivity index (χ0v) is 12.6. The van der Waals surface area contributed by atoms with Crippen LogP contribution in [-0.2, 0) is 9.59 Å². The number of amides is 3. The Bertz CT molecular complexity index is 619. The Morgan fingerprint density at radius 3 is 2.61 bits per heavy atom. The molecule has 7 nitrogen and oxygen atoms in total. The van der Waals surface area contributed by atoms with Gasteiger partial charge in [0.25, 0.3) is 0 Å². The topological polar surface area (TPSA) is 98.7 Å². The largest absolute Gasteiger partial charge is 0.465 e. The summed E-state index contributed by atoms with van der Waals surface area (Å²) in [5, 5.41) is 13.6. The average molecular weight is 317 g/mol. The molecule has 23 heavy (non-hydrogen) atoms. The fourth-order valence-electron chi connectivity index (χ4n) is 3.66. The summed E-state index contributed by atoms with van der Waals surface area (Å²) in [5.74, 6) is -0.391. The first-order valence-electron chi connectivity index (χ1n) is 7.70. The van der Waals surface area contributed by atoms with Gasteiger partial charge in [-0.05, 0) is 37.3 Å². The molecule has 2 bridgehead atoms. The zero-order valence-electron chi connectivity index (χ0n) is 12.6. The van der Waals surface area contributed by atoms with E-state index in [1.807, 2.05) is 18.2 Å². The minimum Gasteiger partial charge on any atom is -0.465 e. The van der Waals surface area contributed by atoms with Gasteiger partial charge < -0.3 is 20.6 Å². The number of rotatable bonds is 4. The zero-order chi connectivity index (χ0) is 16.4. The van der Waals surface area contributed by atoms with Crippen molar-refractivity contribution in [2.75, 3.05) is 11.9 Å². The lowest BCUT2D eigenvalue weighted by Gasteiger charge is -2.34. The molecule has 3 amide bonds. The molecule has 1 saturated carbocycles. The normalized spacial score (nSPS) is 25.2. The number of carbonyl (C=O) groups is 3. The first-order valence-corrected chi connectivity index (χ1v) is 7.70. The average Bonchev–Trinajstić information content (AvgIpc) is 3.14. The van der Waals surface area contributed by atoms with E-state index < -0.39 is 12.1 Å². The van der Waals surface area contributed by atoms with Crippen molar-refractivity contribution < 1.29 is 19.5 Å². The third-order valence-electron chi connectivity index (χ3n) is 4.57. The Balaban J connectivity index is 1.72. The van der Waals surface area contributed by atoms with Crippen molar-refractivity contribution in [3.8, 4) is 0 Å². The maximum absolute atomic E-state index is 12.6. The standard InChI is InChI=1S/C16H19N3O4/c20-13(9-17-16(22)23)19-12-7-6-10(8-12)14(19)15(21)18-11-4-2-1-3-5-11/h1-5,10,12,14,17H,6-9H2,(H,18,21)(H,22,23)/t10?,12?,14-/m0/s1. The van der Waals surface area contributed by atoms with Crippen LogP contribution in [-0.4, -0.2) is 46.5 Å². The van der Waals surface area contributed by atoms with Crippen molar-refractivity contribution in [3.63, 3.8) is 0 Å². The molecule has 3 N–H and O–H groups in total. The van der Waals surface area contributed by atoms with E-state index in [4.69, 9.17) is 5.11 Å². The Hall–Kier alpha value is -2.57. The molecule has 1 aliphatic carbocycles. The maximum Gasteiger partial charge on any atom is 0.405 e. The number of nitrogens with one attached hydrogen (secondary N) is 2. The second-order valence-corrected chi connectivity index (χ2v) is 5.99. The van der Waals surface area contributed by atoms with Crippen molar-refractivity contribution in [1.29, 1.82) is 0 Å². The number of hydrogen-bond acceptors (Lipinski definition) is 3. The Morgan fingerprint density at radius 2 is 1.91 bits per heavy atom. The van der Waals surface area contributed by atoms with Crippen LogP contribution in [0.25, 0.3) is 0 Å². The molecule has 122 valence electrons. The molecule has 2 aliphatic rings. The second kappa shape index (κ2) is 6.28. The van der Waals surface area contributed by atoms with E-state index in [-0.39, 0.29) is 30.3 Å². The molecule has 1 aliphatic heterocycles. The predicted molar refractivity (Wildman–Crippen MR) is 82.9 cm³/mol. The SMILES string of the molecule is O=C(O)NCC(=O)N1C2CCC(C2)[C@H]1C(=O)Nc1ccccc1. The van der Waals surface area contributed by atoms with Gasteiger partial charge in [0.05, 0.1) is 0 Å². The van der Waals surface area contributed by atoms with Crippen LogP contribution in [0.15, 0.2) is 30.3 Å². The van der Waals surface area contributed by atoms with Crippen molar-refractivity contribution >= 4 is 23.6 Å². The smallest absolute Gasteiger partial charge is 0.405 e. The summed E-state index contributed by atoms with van der Waals surface area (Å²) in [5.41, 5.74) is 0.691. The highest BCUT2D eigenvalue weighted by Crippen LogP contribution is 2.42. The van der Waals surface area contributed by atoms with Gasteiger partial charge >= 0.3 is 6.09 Å². The highest BCUT2D eigenvalue weighted by molar-refractivity contribution is 5.98. The van der Waals surface area contributed by atoms with Crippen LogP contribution in [0, 0.1) is 5.92 Å². The van der Waals surface area contributed by atoms with E-state index >= 15 is 0 Å². The number of anilines is 1. The summed E-state index contributed by atoms with van der Waals surface area (Å²) in [7, 11) is 0. The van der Waals surface area contributed by atoms with Crippen LogP contribution in [0.5, 0.6) is 0 Å². The lowest BCUT2D eigenvalue weighted by atomic mass is 9.97. The van der Waals surface area contributed by atoms with Crippen LogP contribution in [0.1, 0.15) is 19.3 Å². The van der Waals surface area contributed by atoms with Crippen molar-refractivity contribution in [3.05, 3.63) is 30.3 Å². The van der Waals surface area contributed by atoms with Crippen LogP contribution in [0.3, 0.4) is 0 Å². The van der Waals surface area contributed by atoms with Gasteiger partial charge in [0, 0.05) is 11.7 Å². The quantitative estimate of drug-likeness (QED) is 0.779. The molecule has 0 radical (unpaired) electrons. The molecule has 0 spiro atoms. The molecule has 7 heteroatoms. The van der Waals surface area contributed by atoms with Gasteiger partial charge in [-0.3, -0.25) is 9.59 Å². The summed E-state index contributed by atoms with van der Waals surface area (Å²) in [6.07, 6.45) is 1.37. The molecule has 1 heterocycles. The summed E-state index contributed by atoms with van der Waals surface area (Å²) >= 11 is 0. The Kier molecular flexibility index (Phi) is 4.18. The predicted octanol–water partition coefficient (Wildman–Crippen LogP) is 1.27. The number of nitrogens with zero attached hydrogens (tertiary/aromatic N) is 1. The third kappa shape index (κ3) is 3.13. The van der Waals surface area contributed by atoms with E-state index in [2.05, 4.69) is 10.6 Å². The summed E-state index contributed by atoms with van der Waals surface area (Å²) in [4.78, 5) is 37.1. The number of piperidine rings is 1. The van der Waals surface area contributed by atoms with Gasteiger partial charge in [0.2, 0.25) is 11.8 Å². The van der Waals surface area contributed by atoms with E-state index in [1.54, 1.807) is 17.0 Å². The minimum atomic E-state index is -1.24. The molecule has 3 atom stereocenters. The second-order valence-electron chi connectivity index (χ2n) is 5.99. The van der Waals surface area contributed by atoms with E-state index in [0.717, 1.165) is 19.3 Å². The van der Waals surface area contributed by atoms with Crippen LogP contribution >= 0.6 is 0 Å². The lowest BCUT2D eigenvalue weighted by molar-refractivity contribution is -0.140. The summed E-state index contributed by atoms with van der Waals surface area (Å²) in [6, 6.07) is 8.63. The molecular weight excluding hydrogens is 298 g/mol. The molecule has 1 aromatic rings. The molecule has 0 aromatic heterocycles. The summed E-state index contributed by atoms with van der Waals surface area (Å²) in [6.45, 7) is -0.298. The van der Waals surface area contributed by atoms with Crippen molar-refractivity contribution in [1.82, 2.24) is 10.2 Å². The lowest BCUT2D eigenvalue weighted by Crippen LogP contribution is -2.53. The minimum absolute atomic E-state index is 0.0367. The molecule has 3 rings (SSSR count). The van der Waals surface area contributed by atoms with Gasteiger partial charge in [0.1, 0.15) is 12.6 Å². The van der Waals surface area contributed by atoms with Crippen molar-refractivity contribution in [2.45, 2.75) is 31.3 Å². The monoisotopic (exact) mass is 317 g/mol. The molecule has 1 saturated heterocycles. The first kappa shape index (κ1) is 15.3. The number of benzene rings is 1. The number of para-hydroxylation sites is 1. The van der Waals surface area contributed by atoms with Gasteiger partial charge in [-0.25, -0.2) is 4.79 Å². The highest BCUT2D eigenvalue weighted by atomic mass is 16.4. The Morgan fingerprint density at radius 1 is 1.17 bits per heavy atom. The fraction of sp³-hybridized carbons (Fsp3) is 0.438. The first-order chi connectivity index (χ1) is 11.1. The van der Waals surface area contributed by atoms with Gasteiger partial charge in [-0.2, -0.15) is 0 Å². The fourth-order valence-corrected chi connectivity index (χ4v) is 3.66. The number of fused-ring (bicyclic) bond motifs is 2. The molecule has 1 aromatic carbocycles. The number of carboxylic acid groups (broad SMARTS) is 1. The molecular formula is C16H19N3O4. The number of likely N-dealkylation sites (tertiary alicyclic amines) is 1. The van der Waals surface area contributed by atoms with Gasteiger partial charge in [0.15, 0.2) is 0 Å². The van der Waals surface area contributed by atoms with Crippen molar-refractivity contribution in [2.24, 2.45) is 5.92 Å². The van der Waals surface area contributed by atoms with Crippen LogP contribution < -0.4 is 10.6 Å². The van der Waals surface area contributed by atoms with Crippen LogP contribution in [0.2, 0.25) is 0 Å². The van der Waals surface area contributed by atoms with E-state index in [0.29, 0.717) is 5.69 Å². The van der Waals surface area contributed by atoms with Gasteiger partial charge in [-0.15, -0.1) is 0 Å². The summed E-state index contributed by atoms with van der Waals surface area (Å²) < 4.78 is 0. The van der Waals surface area contributed by atoms with E-state index in [9.17, 15) is 14.4 Å². The molecule has 2 unspecified atom stereocenters. The number of hydrogen-bond donors (Lipinski definition) is 3. The highest BCUT2D eigenvalue weighted by Gasteiger charge is 2.51. The third-order valence-corrected chi connectivity index (χ3v) is 4.57. The number of carbonyl (C=O) groups excluding carboxylic acids is 2. The van der Waals surface area contributed by atoms with Crippen LogP contribution in [0.4, 0.5) is 10.5 Å². The van der Waals surface area contributed by atoms with E-state index in [1.165, 1.54) is 0 Å². The maximum atomic E-state index is 12.6. The molecule has 2 fully saturated rings. The van der Waals surface area contributed by atoms with Gasteiger partial charge in [-0.1, -0.05) is 18.2 Å².